The molecule has 0 spiro atoms. The number of hydrogen-bond donors (Lipinski definition) is 1. The van der Waals surface area contributed by atoms with Gasteiger partial charge in [-0.05, 0) is 44.9 Å². The Kier molecular flexibility index (Phi) is 4.64. The fourth-order valence-corrected chi connectivity index (χ4v) is 3.99. The van der Waals surface area contributed by atoms with Gasteiger partial charge in [0.05, 0.1) is 23.3 Å². The predicted octanol–water partition coefficient (Wildman–Crippen LogP) is 3.94. The van der Waals surface area contributed by atoms with Gasteiger partial charge < -0.3 is 4.98 Å². The number of imidazole rings is 1. The minimum absolute atomic E-state index is 0.471. The summed E-state index contributed by atoms with van der Waals surface area (Å²) in [4.78, 5) is 11.0. The Morgan fingerprint density at radius 1 is 1.35 bits per heavy atom. The van der Waals surface area contributed by atoms with Gasteiger partial charge in [0.25, 0.3) is 0 Å². The van der Waals surface area contributed by atoms with Crippen LogP contribution in [0.2, 0.25) is 0 Å². The van der Waals surface area contributed by atoms with E-state index in [4.69, 9.17) is 4.98 Å². The lowest BCUT2D eigenvalue weighted by molar-refractivity contribution is 0.197. The number of aryl methyl sites for hydroxylation is 2. The fraction of sp³-hybridized carbons (Fsp3) is 0.429. The summed E-state index contributed by atoms with van der Waals surface area (Å²) >= 11 is 0. The first-order chi connectivity index (χ1) is 12.6. The number of hydrogen-bond acceptors (Lipinski definition) is 3. The summed E-state index contributed by atoms with van der Waals surface area (Å²) < 4.78 is 1.97. The molecule has 2 aromatic heterocycles. The zero-order chi connectivity index (χ0) is 18.1. The number of para-hydroxylation sites is 1. The topological polar surface area (TPSA) is 49.7 Å². The average Bonchev–Trinajstić information content (AvgIpc) is 3.21. The number of H-pyrrole nitrogens is 1. The zero-order valence-corrected chi connectivity index (χ0v) is 15.7. The van der Waals surface area contributed by atoms with Gasteiger partial charge in [-0.2, -0.15) is 5.10 Å². The van der Waals surface area contributed by atoms with Crippen LogP contribution in [0.15, 0.2) is 37.1 Å². The monoisotopic (exact) mass is 349 g/mol. The lowest BCUT2D eigenvalue weighted by atomic mass is 9.97. The number of allylic oxidation sites excluding steroid dienone is 1. The second kappa shape index (κ2) is 7.08. The molecule has 5 heteroatoms. The van der Waals surface area contributed by atoms with Crippen molar-refractivity contribution in [1.29, 1.82) is 0 Å². The lowest BCUT2D eigenvalue weighted by Gasteiger charge is -2.31. The Labute approximate surface area is 154 Å². The third-order valence-electron chi connectivity index (χ3n) is 5.38. The van der Waals surface area contributed by atoms with Crippen LogP contribution in [0.25, 0.3) is 11.0 Å². The maximum Gasteiger partial charge on any atom is 0.111 e. The molecule has 3 heterocycles. The standard InChI is InChI=1S/C21H27N5/c1-4-10-26-14-18(16(3)24-26)13-25-11-6-8-17(12-25)21-22-19-9-5-7-15(2)20(19)23-21/h4-5,7,9,14,17H,1,6,8,10-13H2,2-3H3,(H,22,23). The van der Waals surface area contributed by atoms with Gasteiger partial charge in [-0.25, -0.2) is 4.98 Å². The van der Waals surface area contributed by atoms with Crippen molar-refractivity contribution in [3.05, 3.63) is 59.7 Å². The molecule has 0 aliphatic carbocycles. The SMILES string of the molecule is C=CCn1cc(CN2CCCC(c3nc4c(C)cccc4[nH]3)C2)c(C)n1. The maximum absolute atomic E-state index is 4.91. The number of nitrogens with zero attached hydrogens (tertiary/aromatic N) is 4. The zero-order valence-electron chi connectivity index (χ0n) is 15.7. The summed E-state index contributed by atoms with van der Waals surface area (Å²) in [6, 6.07) is 6.34. The molecule has 1 atom stereocenters. The van der Waals surface area contributed by atoms with Crippen molar-refractivity contribution in [2.24, 2.45) is 0 Å². The molecule has 136 valence electrons. The van der Waals surface area contributed by atoms with Gasteiger partial charge in [-0.3, -0.25) is 9.58 Å². The molecule has 3 aromatic rings. The fourth-order valence-electron chi connectivity index (χ4n) is 3.99. The number of likely N-dealkylation sites (tertiary alicyclic amines) is 1. The molecule has 26 heavy (non-hydrogen) atoms. The highest BCUT2D eigenvalue weighted by molar-refractivity contribution is 5.78. The van der Waals surface area contributed by atoms with Gasteiger partial charge in [0.15, 0.2) is 0 Å². The normalized spacial score (nSPS) is 18.5. The lowest BCUT2D eigenvalue weighted by Crippen LogP contribution is -2.34. The van der Waals surface area contributed by atoms with E-state index in [1.165, 1.54) is 24.0 Å². The van der Waals surface area contributed by atoms with E-state index in [1.54, 1.807) is 0 Å². The maximum atomic E-state index is 4.91. The molecule has 5 nitrogen and oxygen atoms in total. The summed E-state index contributed by atoms with van der Waals surface area (Å²) in [6.45, 7) is 11.9. The molecule has 4 rings (SSSR count). The molecule has 0 bridgehead atoms. The van der Waals surface area contributed by atoms with Crippen molar-refractivity contribution in [3.63, 3.8) is 0 Å². The summed E-state index contributed by atoms with van der Waals surface area (Å²) in [5.74, 6) is 1.61. The summed E-state index contributed by atoms with van der Waals surface area (Å²) in [6.07, 6.45) is 6.45. The summed E-state index contributed by atoms with van der Waals surface area (Å²) in [7, 11) is 0. The number of rotatable bonds is 5. The smallest absolute Gasteiger partial charge is 0.111 e. The molecule has 1 aliphatic rings. The van der Waals surface area contributed by atoms with E-state index in [1.807, 2.05) is 10.8 Å². The Bertz CT molecular complexity index is 920. The number of benzene rings is 1. The van der Waals surface area contributed by atoms with Gasteiger partial charge in [-0.15, -0.1) is 6.58 Å². The van der Waals surface area contributed by atoms with Gasteiger partial charge in [0, 0.05) is 30.8 Å². The van der Waals surface area contributed by atoms with Gasteiger partial charge in [0.1, 0.15) is 5.82 Å². The average molecular weight is 349 g/mol. The van der Waals surface area contributed by atoms with Crippen molar-refractivity contribution in [2.75, 3.05) is 13.1 Å². The van der Waals surface area contributed by atoms with Crippen LogP contribution >= 0.6 is 0 Å². The predicted molar refractivity (Wildman–Crippen MR) is 105 cm³/mol. The summed E-state index contributed by atoms with van der Waals surface area (Å²) in [5.41, 5.74) is 5.93. The van der Waals surface area contributed by atoms with Crippen LogP contribution in [0.1, 0.15) is 41.4 Å². The van der Waals surface area contributed by atoms with Gasteiger partial charge in [0.2, 0.25) is 0 Å². The van der Waals surface area contributed by atoms with E-state index < -0.39 is 0 Å². The highest BCUT2D eigenvalue weighted by Gasteiger charge is 2.24. The minimum atomic E-state index is 0.471. The van der Waals surface area contributed by atoms with Crippen LogP contribution in [-0.4, -0.2) is 37.7 Å². The van der Waals surface area contributed by atoms with Crippen LogP contribution in [-0.2, 0) is 13.1 Å². The Morgan fingerprint density at radius 3 is 3.04 bits per heavy atom. The molecule has 0 saturated carbocycles. The van der Waals surface area contributed by atoms with Gasteiger partial charge in [-0.1, -0.05) is 18.2 Å². The Morgan fingerprint density at radius 2 is 2.23 bits per heavy atom. The largest absolute Gasteiger partial charge is 0.342 e. The summed E-state index contributed by atoms with van der Waals surface area (Å²) in [5, 5.41) is 4.58. The van der Waals surface area contributed by atoms with Crippen molar-refractivity contribution in [1.82, 2.24) is 24.6 Å². The van der Waals surface area contributed by atoms with Crippen LogP contribution in [0.3, 0.4) is 0 Å². The molecule has 1 saturated heterocycles. The molecule has 0 amide bonds. The van der Waals surface area contributed by atoms with Crippen molar-refractivity contribution < 1.29 is 0 Å². The minimum Gasteiger partial charge on any atom is -0.342 e. The van der Waals surface area contributed by atoms with Crippen LogP contribution in [0.4, 0.5) is 0 Å². The first-order valence-electron chi connectivity index (χ1n) is 9.45. The number of piperidine rings is 1. The quantitative estimate of drug-likeness (QED) is 0.710. The van der Waals surface area contributed by atoms with Crippen molar-refractivity contribution in [3.8, 4) is 0 Å². The number of aromatic nitrogens is 4. The molecule has 1 fully saturated rings. The van der Waals surface area contributed by atoms with Crippen molar-refractivity contribution in [2.45, 2.75) is 45.7 Å². The van der Waals surface area contributed by atoms with E-state index in [9.17, 15) is 0 Å². The highest BCUT2D eigenvalue weighted by atomic mass is 15.3. The second-order valence-electron chi connectivity index (χ2n) is 7.42. The Balaban J connectivity index is 1.50. The van der Waals surface area contributed by atoms with E-state index >= 15 is 0 Å². The molecular formula is C21H27N5. The number of nitrogens with one attached hydrogen (secondary N) is 1. The van der Waals surface area contributed by atoms with Crippen molar-refractivity contribution >= 4 is 11.0 Å². The van der Waals surface area contributed by atoms with Crippen LogP contribution < -0.4 is 0 Å². The Hall–Kier alpha value is -2.40. The molecule has 1 N–H and O–H groups in total. The van der Waals surface area contributed by atoms with Crippen LogP contribution in [0.5, 0.6) is 0 Å². The molecule has 0 radical (unpaired) electrons. The van der Waals surface area contributed by atoms with E-state index in [-0.39, 0.29) is 0 Å². The molecule has 1 unspecified atom stereocenters. The van der Waals surface area contributed by atoms with E-state index in [2.05, 4.69) is 59.8 Å². The third kappa shape index (κ3) is 3.31. The first-order valence-corrected chi connectivity index (χ1v) is 9.45. The third-order valence-corrected chi connectivity index (χ3v) is 5.38. The highest BCUT2D eigenvalue weighted by Crippen LogP contribution is 2.28. The number of fused-ring (bicyclic) bond motifs is 1. The van der Waals surface area contributed by atoms with Gasteiger partial charge >= 0.3 is 0 Å². The first kappa shape index (κ1) is 17.0. The van der Waals surface area contributed by atoms with E-state index in [0.29, 0.717) is 5.92 Å². The van der Waals surface area contributed by atoms with Crippen LogP contribution in [0, 0.1) is 13.8 Å². The number of aromatic amines is 1. The molecule has 1 aromatic carbocycles. The molecular weight excluding hydrogens is 322 g/mol. The second-order valence-corrected chi connectivity index (χ2v) is 7.42. The molecule has 1 aliphatic heterocycles. The van der Waals surface area contributed by atoms with E-state index in [0.717, 1.165) is 48.7 Å².